The molecule has 228 valence electrons. The highest BCUT2D eigenvalue weighted by atomic mass is 32.2. The lowest BCUT2D eigenvalue weighted by Gasteiger charge is -2.13. The maximum Gasteiger partial charge on any atom is 0.268 e. The first-order valence-corrected chi connectivity index (χ1v) is 16.6. The molecule has 0 aliphatic rings. The minimum Gasteiger partial charge on any atom is -0.497 e. The zero-order valence-electron chi connectivity index (χ0n) is 25.2. The molecule has 45 heavy (non-hydrogen) atoms. The molecular weight excluding hydrogens is 607 g/mol. The number of nitrogens with zero attached hydrogens (tertiary/aromatic N) is 4. The van der Waals surface area contributed by atoms with Gasteiger partial charge in [-0.25, -0.2) is 12.4 Å². The van der Waals surface area contributed by atoms with Crippen LogP contribution in [0.5, 0.6) is 5.75 Å². The fourth-order valence-electron chi connectivity index (χ4n) is 5.44. The van der Waals surface area contributed by atoms with Gasteiger partial charge in [-0.3, -0.25) is 9.36 Å². The Labute approximate surface area is 265 Å². The second-order valence-electron chi connectivity index (χ2n) is 10.6. The number of benzene rings is 4. The Hall–Kier alpha value is -4.87. The maximum absolute atomic E-state index is 13.8. The normalized spacial score (nSPS) is 11.6. The maximum atomic E-state index is 13.8. The average molecular weight is 638 g/mol. The van der Waals surface area contributed by atoms with Gasteiger partial charge in [-0.2, -0.15) is 0 Å². The number of fused-ring (bicyclic) bond motifs is 1. The summed E-state index contributed by atoms with van der Waals surface area (Å²) in [7, 11) is -2.33. The van der Waals surface area contributed by atoms with Crippen LogP contribution in [0.1, 0.15) is 16.7 Å². The van der Waals surface area contributed by atoms with Crippen LogP contribution in [0.25, 0.3) is 28.0 Å². The number of anilines is 1. The van der Waals surface area contributed by atoms with E-state index < -0.39 is 10.0 Å². The molecule has 0 aliphatic heterocycles. The lowest BCUT2D eigenvalue weighted by Crippen LogP contribution is -2.16. The third-order valence-electron chi connectivity index (χ3n) is 7.44. The standard InChI is InChI=1S/C34H31N5O4S2/c1-22-17-23(2)32(24(3)18-22)35-31(40)21-44-34-37-36-33(39(34)25-11-10-12-26(19-25)43-4)29-20-38(30-16-9-8-15-28(29)30)45(41,42)27-13-6-5-7-14-27/h5-20H,21H2,1-4H3,(H,35,40). The number of aryl methyl sites for hydroxylation is 3. The van der Waals surface area contributed by atoms with Crippen molar-refractivity contribution in [2.24, 2.45) is 0 Å². The monoisotopic (exact) mass is 637 g/mol. The summed E-state index contributed by atoms with van der Waals surface area (Å²) in [6, 6.07) is 27.1. The number of nitrogens with one attached hydrogen (secondary N) is 1. The van der Waals surface area contributed by atoms with Crippen LogP contribution < -0.4 is 10.1 Å². The van der Waals surface area contributed by atoms with Crippen molar-refractivity contribution in [1.29, 1.82) is 0 Å². The Morgan fingerprint density at radius 3 is 2.33 bits per heavy atom. The number of carbonyl (C=O) groups is 1. The molecule has 2 aromatic heterocycles. The van der Waals surface area contributed by atoms with Crippen molar-refractivity contribution in [3.63, 3.8) is 0 Å². The van der Waals surface area contributed by atoms with E-state index in [0.717, 1.165) is 22.4 Å². The quantitative estimate of drug-likeness (QED) is 0.174. The number of carbonyl (C=O) groups excluding carboxylic acids is 1. The smallest absolute Gasteiger partial charge is 0.268 e. The Morgan fingerprint density at radius 2 is 1.60 bits per heavy atom. The van der Waals surface area contributed by atoms with Gasteiger partial charge >= 0.3 is 0 Å². The van der Waals surface area contributed by atoms with E-state index in [2.05, 4.69) is 15.5 Å². The first-order chi connectivity index (χ1) is 21.7. The third-order valence-corrected chi connectivity index (χ3v) is 10.1. The Kier molecular flexibility index (Phi) is 8.22. The Bertz CT molecular complexity index is 2130. The Balaban J connectivity index is 1.43. The Morgan fingerprint density at radius 1 is 0.889 bits per heavy atom. The van der Waals surface area contributed by atoms with Crippen LogP contribution in [0.15, 0.2) is 107 Å². The molecule has 0 fully saturated rings. The van der Waals surface area contributed by atoms with E-state index in [1.54, 1.807) is 55.8 Å². The first kappa shape index (κ1) is 30.2. The van der Waals surface area contributed by atoms with Gasteiger partial charge in [-0.05, 0) is 62.2 Å². The van der Waals surface area contributed by atoms with Gasteiger partial charge in [-0.1, -0.05) is 71.9 Å². The number of para-hydroxylation sites is 1. The van der Waals surface area contributed by atoms with Crippen molar-refractivity contribution in [2.75, 3.05) is 18.2 Å². The topological polar surface area (TPSA) is 108 Å². The van der Waals surface area contributed by atoms with E-state index in [1.807, 2.05) is 73.9 Å². The van der Waals surface area contributed by atoms with Crippen molar-refractivity contribution in [3.8, 4) is 22.8 Å². The van der Waals surface area contributed by atoms with Gasteiger partial charge in [0.1, 0.15) is 5.75 Å². The lowest BCUT2D eigenvalue weighted by molar-refractivity contribution is -0.113. The van der Waals surface area contributed by atoms with E-state index in [0.29, 0.717) is 38.9 Å². The number of aromatic nitrogens is 4. The van der Waals surface area contributed by atoms with Crippen molar-refractivity contribution in [2.45, 2.75) is 30.8 Å². The molecule has 6 aromatic rings. The highest BCUT2D eigenvalue weighted by molar-refractivity contribution is 7.99. The highest BCUT2D eigenvalue weighted by Crippen LogP contribution is 2.36. The fourth-order valence-corrected chi connectivity index (χ4v) is 7.58. The molecule has 0 aliphatic carbocycles. The molecule has 4 aromatic carbocycles. The summed E-state index contributed by atoms with van der Waals surface area (Å²) in [6.45, 7) is 5.98. The fraction of sp³-hybridized carbons (Fsp3) is 0.147. The molecule has 11 heteroatoms. The second-order valence-corrected chi connectivity index (χ2v) is 13.4. The van der Waals surface area contributed by atoms with Gasteiger partial charge in [0.25, 0.3) is 10.0 Å². The zero-order valence-corrected chi connectivity index (χ0v) is 26.8. The summed E-state index contributed by atoms with van der Waals surface area (Å²) in [6.07, 6.45) is 1.58. The summed E-state index contributed by atoms with van der Waals surface area (Å²) < 4.78 is 36.2. The molecule has 0 spiro atoms. The summed E-state index contributed by atoms with van der Waals surface area (Å²) in [5.41, 5.74) is 5.70. The molecule has 0 saturated carbocycles. The largest absolute Gasteiger partial charge is 0.497 e. The van der Waals surface area contributed by atoms with Crippen LogP contribution in [0.4, 0.5) is 5.69 Å². The molecule has 0 saturated heterocycles. The zero-order chi connectivity index (χ0) is 31.7. The first-order valence-electron chi connectivity index (χ1n) is 14.2. The number of amides is 1. The van der Waals surface area contributed by atoms with E-state index in [9.17, 15) is 13.2 Å². The van der Waals surface area contributed by atoms with Crippen LogP contribution in [-0.4, -0.2) is 45.9 Å². The number of hydrogen-bond donors (Lipinski definition) is 1. The summed E-state index contributed by atoms with van der Waals surface area (Å²) in [4.78, 5) is 13.3. The molecule has 6 rings (SSSR count). The molecule has 2 heterocycles. The number of hydrogen-bond acceptors (Lipinski definition) is 7. The van der Waals surface area contributed by atoms with E-state index >= 15 is 0 Å². The van der Waals surface area contributed by atoms with Crippen molar-refractivity contribution in [1.82, 2.24) is 18.7 Å². The van der Waals surface area contributed by atoms with Gasteiger partial charge in [-0.15, -0.1) is 10.2 Å². The van der Waals surface area contributed by atoms with Gasteiger partial charge < -0.3 is 10.1 Å². The second kappa shape index (κ2) is 12.3. The van der Waals surface area contributed by atoms with Crippen LogP contribution in [-0.2, 0) is 14.8 Å². The van der Waals surface area contributed by atoms with E-state index in [1.165, 1.54) is 15.7 Å². The van der Waals surface area contributed by atoms with Gasteiger partial charge in [0, 0.05) is 28.9 Å². The molecule has 0 unspecified atom stereocenters. The summed E-state index contributed by atoms with van der Waals surface area (Å²) in [5, 5.41) is 13.2. The van der Waals surface area contributed by atoms with Crippen molar-refractivity contribution >= 4 is 44.3 Å². The summed E-state index contributed by atoms with van der Waals surface area (Å²) >= 11 is 1.24. The number of thioether (sulfide) groups is 1. The number of rotatable bonds is 9. The van der Waals surface area contributed by atoms with Crippen LogP contribution in [0.2, 0.25) is 0 Å². The predicted molar refractivity (Wildman–Crippen MR) is 178 cm³/mol. The predicted octanol–water partition coefficient (Wildman–Crippen LogP) is 6.79. The van der Waals surface area contributed by atoms with Crippen LogP contribution in [0, 0.1) is 20.8 Å². The summed E-state index contributed by atoms with van der Waals surface area (Å²) in [5.74, 6) is 0.955. The minimum atomic E-state index is -3.91. The van der Waals surface area contributed by atoms with Gasteiger partial charge in [0.15, 0.2) is 11.0 Å². The van der Waals surface area contributed by atoms with Gasteiger partial charge in [0.2, 0.25) is 5.91 Å². The van der Waals surface area contributed by atoms with Crippen molar-refractivity contribution in [3.05, 3.63) is 114 Å². The van der Waals surface area contributed by atoms with E-state index in [-0.39, 0.29) is 16.6 Å². The molecule has 1 amide bonds. The van der Waals surface area contributed by atoms with E-state index in [4.69, 9.17) is 4.74 Å². The van der Waals surface area contributed by atoms with Gasteiger partial charge in [0.05, 0.1) is 29.0 Å². The molecule has 1 N–H and O–H groups in total. The van der Waals surface area contributed by atoms with Crippen LogP contribution >= 0.6 is 11.8 Å². The highest BCUT2D eigenvalue weighted by Gasteiger charge is 2.26. The lowest BCUT2D eigenvalue weighted by atomic mass is 10.1. The average Bonchev–Trinajstić information content (AvgIpc) is 3.64. The molecule has 0 bridgehead atoms. The van der Waals surface area contributed by atoms with Crippen LogP contribution in [0.3, 0.4) is 0 Å². The number of ether oxygens (including phenoxy) is 1. The minimum absolute atomic E-state index is 0.0823. The third kappa shape index (κ3) is 5.84. The van der Waals surface area contributed by atoms with Crippen molar-refractivity contribution < 1.29 is 17.9 Å². The number of methoxy groups -OCH3 is 1. The molecular formula is C34H31N5O4S2. The molecule has 0 atom stereocenters. The molecule has 9 nitrogen and oxygen atoms in total. The molecule has 0 radical (unpaired) electrons. The SMILES string of the molecule is COc1cccc(-n2c(SCC(=O)Nc3c(C)cc(C)cc3C)nnc2-c2cn(S(=O)(=O)c3ccccc3)c3ccccc23)c1.